The van der Waals surface area contributed by atoms with E-state index in [2.05, 4.69) is 10.7 Å². The monoisotopic (exact) mass is 491 g/mol. The minimum Gasteiger partial charge on any atom is -0.457 e. The van der Waals surface area contributed by atoms with Crippen molar-refractivity contribution in [3.05, 3.63) is 87.5 Å². The Kier molecular flexibility index (Phi) is 5.74. The van der Waals surface area contributed by atoms with Crippen LogP contribution < -0.4 is 10.7 Å². The minimum absolute atomic E-state index is 0.0753. The smallest absolute Gasteiger partial charge is 0.416 e. The summed E-state index contributed by atoms with van der Waals surface area (Å²) in [5.41, 5.74) is 3.39. The van der Waals surface area contributed by atoms with E-state index < -0.39 is 11.7 Å². The van der Waals surface area contributed by atoms with E-state index in [1.54, 1.807) is 12.1 Å². The average molecular weight is 492 g/mol. The van der Waals surface area contributed by atoms with Crippen LogP contribution in [0.3, 0.4) is 0 Å². The van der Waals surface area contributed by atoms with Crippen LogP contribution in [0.4, 0.5) is 13.2 Å². The number of nitrogens with one attached hydrogen (secondary N) is 2. The van der Waals surface area contributed by atoms with Gasteiger partial charge < -0.3 is 4.42 Å². The van der Waals surface area contributed by atoms with Crippen LogP contribution in [0.1, 0.15) is 16.9 Å². The predicted molar refractivity (Wildman–Crippen MR) is 121 cm³/mol. The van der Waals surface area contributed by atoms with Crippen LogP contribution in [-0.4, -0.2) is 22.6 Å². The van der Waals surface area contributed by atoms with Crippen molar-refractivity contribution >= 4 is 35.3 Å². The van der Waals surface area contributed by atoms with Gasteiger partial charge in [0, 0.05) is 18.1 Å². The van der Waals surface area contributed by atoms with Crippen molar-refractivity contribution in [2.75, 3.05) is 0 Å². The molecule has 1 amide bonds. The molecule has 2 saturated heterocycles. The van der Waals surface area contributed by atoms with E-state index in [9.17, 15) is 18.0 Å². The molecular formula is C23H17ClF3N3O2S. The van der Waals surface area contributed by atoms with Gasteiger partial charge in [0.1, 0.15) is 11.5 Å². The van der Waals surface area contributed by atoms with Gasteiger partial charge in [-0.15, -0.1) is 0 Å². The number of thioether (sulfide) groups is 1. The summed E-state index contributed by atoms with van der Waals surface area (Å²) in [5, 5.41) is 5.05. The summed E-state index contributed by atoms with van der Waals surface area (Å²) in [7, 11) is 0. The molecule has 1 aromatic heterocycles. The molecule has 5 rings (SSSR count). The quantitative estimate of drug-likeness (QED) is 0.472. The van der Waals surface area contributed by atoms with E-state index in [1.807, 2.05) is 30.3 Å². The molecule has 0 aliphatic carbocycles. The van der Waals surface area contributed by atoms with Gasteiger partial charge in [-0.2, -0.15) is 13.2 Å². The highest BCUT2D eigenvalue weighted by Crippen LogP contribution is 2.39. The third kappa shape index (κ3) is 4.54. The Morgan fingerprint density at radius 1 is 1.12 bits per heavy atom. The molecule has 2 atom stereocenters. The van der Waals surface area contributed by atoms with Gasteiger partial charge in [-0.25, -0.2) is 10.4 Å². The number of hydrazine groups is 1. The summed E-state index contributed by atoms with van der Waals surface area (Å²) in [6, 6.07) is 16.1. The number of nitrogens with zero attached hydrogens (tertiary/aromatic N) is 1. The largest absolute Gasteiger partial charge is 0.457 e. The second-order valence-corrected chi connectivity index (χ2v) is 9.12. The highest BCUT2D eigenvalue weighted by atomic mass is 35.5. The van der Waals surface area contributed by atoms with Gasteiger partial charge in [0.05, 0.1) is 21.7 Å². The summed E-state index contributed by atoms with van der Waals surface area (Å²) in [5.74, 6) is 0.326. The molecule has 0 radical (unpaired) electrons. The Labute approximate surface area is 196 Å². The molecule has 0 bridgehead atoms. The molecular weight excluding hydrogens is 475 g/mol. The number of amides is 1. The molecule has 33 heavy (non-hydrogen) atoms. The number of carbonyl (C=O) groups excluding carboxylic acids is 1. The zero-order valence-corrected chi connectivity index (χ0v) is 18.5. The minimum atomic E-state index is -4.49. The number of benzene rings is 2. The second kappa shape index (κ2) is 8.57. The van der Waals surface area contributed by atoms with Crippen LogP contribution in [-0.2, 0) is 17.4 Å². The first kappa shape index (κ1) is 22.1. The molecule has 0 spiro atoms. The van der Waals surface area contributed by atoms with Crippen molar-refractivity contribution in [1.82, 2.24) is 15.8 Å². The highest BCUT2D eigenvalue weighted by Gasteiger charge is 2.43. The summed E-state index contributed by atoms with van der Waals surface area (Å²) < 4.78 is 44.9. The number of fused-ring (bicyclic) bond motifs is 1. The zero-order chi connectivity index (χ0) is 23.2. The van der Waals surface area contributed by atoms with Crippen molar-refractivity contribution in [3.63, 3.8) is 0 Å². The lowest BCUT2D eigenvalue weighted by Crippen LogP contribution is -2.40. The second-order valence-electron chi connectivity index (χ2n) is 7.59. The molecule has 2 aliphatic rings. The van der Waals surface area contributed by atoms with Crippen LogP contribution in [0.5, 0.6) is 0 Å². The predicted octanol–water partition coefficient (Wildman–Crippen LogP) is 5.50. The van der Waals surface area contributed by atoms with E-state index >= 15 is 0 Å². The summed E-state index contributed by atoms with van der Waals surface area (Å²) in [4.78, 5) is 13.3. The lowest BCUT2D eigenvalue weighted by molar-refractivity contribution is -0.137. The van der Waals surface area contributed by atoms with Gasteiger partial charge >= 0.3 is 6.18 Å². The van der Waals surface area contributed by atoms with Crippen LogP contribution in [0.2, 0.25) is 5.02 Å². The molecule has 2 aliphatic heterocycles. The van der Waals surface area contributed by atoms with Gasteiger partial charge in [-0.1, -0.05) is 53.7 Å². The Morgan fingerprint density at radius 3 is 2.64 bits per heavy atom. The first-order chi connectivity index (χ1) is 15.8. The first-order valence-electron chi connectivity index (χ1n) is 10.0. The van der Waals surface area contributed by atoms with E-state index in [4.69, 9.17) is 16.0 Å². The number of carbonyl (C=O) groups is 1. The van der Waals surface area contributed by atoms with Gasteiger partial charge in [-0.3, -0.25) is 10.1 Å². The molecule has 5 nitrogen and oxygen atoms in total. The number of hydrogen-bond donors (Lipinski definition) is 2. The van der Waals surface area contributed by atoms with E-state index in [1.165, 1.54) is 28.9 Å². The fraction of sp³-hybridized carbons (Fsp3) is 0.174. The van der Waals surface area contributed by atoms with Crippen molar-refractivity contribution in [1.29, 1.82) is 0 Å². The van der Waals surface area contributed by atoms with E-state index in [0.29, 0.717) is 10.7 Å². The Balaban J connectivity index is 1.30. The molecule has 2 unspecified atom stereocenters. The normalized spacial score (nSPS) is 21.8. The number of halogens is 4. The van der Waals surface area contributed by atoms with Gasteiger partial charge in [0.2, 0.25) is 0 Å². The average Bonchev–Trinajstić information content (AvgIpc) is 3.46. The Bertz CT molecular complexity index is 1230. The van der Waals surface area contributed by atoms with Crippen LogP contribution in [0.15, 0.2) is 70.0 Å². The van der Waals surface area contributed by atoms with Gasteiger partial charge in [0.15, 0.2) is 5.50 Å². The van der Waals surface area contributed by atoms with E-state index in [0.717, 1.165) is 24.1 Å². The number of alkyl halides is 3. The maximum atomic E-state index is 13.1. The van der Waals surface area contributed by atoms with Crippen molar-refractivity contribution in [3.8, 4) is 11.3 Å². The topological polar surface area (TPSA) is 57.5 Å². The van der Waals surface area contributed by atoms with Crippen LogP contribution >= 0.6 is 23.4 Å². The number of rotatable bonds is 4. The molecule has 3 aromatic rings. The summed E-state index contributed by atoms with van der Waals surface area (Å²) in [6.45, 7) is 0. The third-order valence-electron chi connectivity index (χ3n) is 5.28. The number of furan rings is 1. The molecule has 2 aromatic carbocycles. The standard InChI is InChI=1S/C23H17ClF3N3O2S/c24-17-8-6-14(23(25,26)27)11-16(17)18-9-7-15(32-18)12-19-21(31)30-22(33-19)28-20(29-30)10-13-4-2-1-3-5-13/h1-9,11-12,20,22,28-29H,10H2/b19-12-. The molecule has 0 saturated carbocycles. The Hall–Kier alpha value is -2.72. The Morgan fingerprint density at radius 2 is 1.91 bits per heavy atom. The van der Waals surface area contributed by atoms with Gasteiger partial charge in [-0.05, 0) is 35.9 Å². The molecule has 2 N–H and O–H groups in total. The zero-order valence-electron chi connectivity index (χ0n) is 16.9. The fourth-order valence-corrected chi connectivity index (χ4v) is 5.03. The van der Waals surface area contributed by atoms with Crippen molar-refractivity contribution in [2.45, 2.75) is 24.3 Å². The molecule has 10 heteroatoms. The molecule has 170 valence electrons. The third-order valence-corrected chi connectivity index (χ3v) is 6.73. The lowest BCUT2D eigenvalue weighted by atomic mass is 10.1. The van der Waals surface area contributed by atoms with Crippen molar-refractivity contribution in [2.24, 2.45) is 0 Å². The first-order valence-corrected chi connectivity index (χ1v) is 11.3. The lowest BCUT2D eigenvalue weighted by Gasteiger charge is -2.13. The summed E-state index contributed by atoms with van der Waals surface area (Å²) in [6.07, 6.45) is -2.27. The van der Waals surface area contributed by atoms with Gasteiger partial charge in [0.25, 0.3) is 5.91 Å². The maximum absolute atomic E-state index is 13.1. The summed E-state index contributed by atoms with van der Waals surface area (Å²) >= 11 is 7.44. The SMILES string of the molecule is O=C1/C(=C/c2ccc(-c3cc(C(F)(F)F)ccc3Cl)o2)SC2NC(Cc3ccccc3)NN12. The fourth-order valence-electron chi connectivity index (χ4n) is 3.71. The number of hydrogen-bond acceptors (Lipinski definition) is 5. The maximum Gasteiger partial charge on any atom is 0.416 e. The highest BCUT2D eigenvalue weighted by molar-refractivity contribution is 8.05. The van der Waals surface area contributed by atoms with E-state index in [-0.39, 0.29) is 33.9 Å². The molecule has 3 heterocycles. The van der Waals surface area contributed by atoms with Crippen molar-refractivity contribution < 1.29 is 22.4 Å². The van der Waals surface area contributed by atoms with Crippen LogP contribution in [0, 0.1) is 0 Å². The van der Waals surface area contributed by atoms with Crippen LogP contribution in [0.25, 0.3) is 17.4 Å². The molecule has 2 fully saturated rings.